The first kappa shape index (κ1) is 14.2. The fraction of sp³-hybridized carbons (Fsp3) is 0.438. The highest BCUT2D eigenvalue weighted by Crippen LogP contribution is 2.24. The third-order valence-corrected chi connectivity index (χ3v) is 4.17. The number of aromatic nitrogens is 1. The Hall–Kier alpha value is -1.19. The summed E-state index contributed by atoms with van der Waals surface area (Å²) in [4.78, 5) is 5.72. The second-order valence-electron chi connectivity index (χ2n) is 4.98. The average Bonchev–Trinajstić information content (AvgIpc) is 2.81. The molecule has 102 valence electrons. The number of aryl methyl sites for hydroxylation is 2. The van der Waals surface area contributed by atoms with Gasteiger partial charge in [-0.3, -0.25) is 0 Å². The van der Waals surface area contributed by atoms with Crippen molar-refractivity contribution >= 4 is 11.3 Å². The summed E-state index contributed by atoms with van der Waals surface area (Å²) in [6, 6.07) is 9.15. The van der Waals surface area contributed by atoms with Gasteiger partial charge in [-0.1, -0.05) is 36.8 Å². The molecule has 0 saturated carbocycles. The zero-order chi connectivity index (χ0) is 13.7. The molecule has 0 amide bonds. The van der Waals surface area contributed by atoms with Crippen molar-refractivity contribution in [3.8, 4) is 0 Å². The normalized spacial score (nSPS) is 12.6. The third-order valence-electron chi connectivity index (χ3n) is 3.15. The molecule has 0 aliphatic rings. The fourth-order valence-electron chi connectivity index (χ4n) is 2.21. The summed E-state index contributed by atoms with van der Waals surface area (Å²) >= 11 is 1.80. The number of thiazole rings is 1. The van der Waals surface area contributed by atoms with E-state index in [1.807, 2.05) is 6.20 Å². The summed E-state index contributed by atoms with van der Waals surface area (Å²) in [5.41, 5.74) is 2.71. The van der Waals surface area contributed by atoms with Crippen LogP contribution < -0.4 is 5.32 Å². The van der Waals surface area contributed by atoms with E-state index in [0.717, 1.165) is 24.4 Å². The third kappa shape index (κ3) is 4.15. The molecule has 0 saturated heterocycles. The van der Waals surface area contributed by atoms with Crippen LogP contribution in [-0.2, 0) is 6.42 Å². The van der Waals surface area contributed by atoms with Gasteiger partial charge in [-0.2, -0.15) is 0 Å². The second kappa shape index (κ2) is 6.83. The zero-order valence-corrected chi connectivity index (χ0v) is 12.8. The number of nitrogens with zero attached hydrogens (tertiary/aromatic N) is 1. The standard InChI is InChI=1S/C16H22N2S/c1-4-8-17-15(16-11-18-13(3)19-16)10-14-7-5-6-12(2)9-14/h5-7,9,11,15,17H,4,8,10H2,1-3H3. The highest BCUT2D eigenvalue weighted by atomic mass is 32.1. The lowest BCUT2D eigenvalue weighted by atomic mass is 10.0. The van der Waals surface area contributed by atoms with Gasteiger partial charge in [0.05, 0.1) is 5.01 Å². The molecule has 0 bridgehead atoms. The Labute approximate surface area is 119 Å². The minimum atomic E-state index is 0.382. The van der Waals surface area contributed by atoms with Crippen molar-refractivity contribution in [2.75, 3.05) is 6.54 Å². The van der Waals surface area contributed by atoms with Gasteiger partial charge in [0.2, 0.25) is 0 Å². The van der Waals surface area contributed by atoms with Crippen LogP contribution in [0.25, 0.3) is 0 Å². The van der Waals surface area contributed by atoms with Crippen molar-refractivity contribution < 1.29 is 0 Å². The Bertz CT molecular complexity index is 519. The van der Waals surface area contributed by atoms with E-state index in [-0.39, 0.29) is 0 Å². The molecule has 2 rings (SSSR count). The zero-order valence-electron chi connectivity index (χ0n) is 11.9. The summed E-state index contributed by atoms with van der Waals surface area (Å²) < 4.78 is 0. The van der Waals surface area contributed by atoms with E-state index in [9.17, 15) is 0 Å². The monoisotopic (exact) mass is 274 g/mol. The van der Waals surface area contributed by atoms with Gasteiger partial charge < -0.3 is 5.32 Å². The molecule has 2 aromatic rings. The smallest absolute Gasteiger partial charge is 0.0897 e. The number of hydrogen-bond acceptors (Lipinski definition) is 3. The van der Waals surface area contributed by atoms with E-state index in [1.54, 1.807) is 11.3 Å². The predicted octanol–water partition coefficient (Wildman–Crippen LogP) is 4.04. The van der Waals surface area contributed by atoms with E-state index in [1.165, 1.54) is 16.0 Å². The quantitative estimate of drug-likeness (QED) is 0.860. The van der Waals surface area contributed by atoms with E-state index < -0.39 is 0 Å². The molecule has 1 atom stereocenters. The first-order valence-corrected chi connectivity index (χ1v) is 7.72. The summed E-state index contributed by atoms with van der Waals surface area (Å²) in [6.07, 6.45) is 4.20. The van der Waals surface area contributed by atoms with Crippen molar-refractivity contribution in [3.63, 3.8) is 0 Å². The molecule has 0 aliphatic carbocycles. The number of nitrogens with one attached hydrogen (secondary N) is 1. The van der Waals surface area contributed by atoms with Gasteiger partial charge in [0.1, 0.15) is 0 Å². The van der Waals surface area contributed by atoms with Crippen molar-refractivity contribution in [1.29, 1.82) is 0 Å². The summed E-state index contributed by atoms with van der Waals surface area (Å²) in [5, 5.41) is 4.78. The minimum Gasteiger partial charge on any atom is -0.309 e. The molecule has 1 N–H and O–H groups in total. The minimum absolute atomic E-state index is 0.382. The van der Waals surface area contributed by atoms with Crippen LogP contribution in [0.3, 0.4) is 0 Å². The van der Waals surface area contributed by atoms with Gasteiger partial charge in [0.25, 0.3) is 0 Å². The van der Waals surface area contributed by atoms with Crippen LogP contribution in [-0.4, -0.2) is 11.5 Å². The predicted molar refractivity (Wildman–Crippen MR) is 82.8 cm³/mol. The molecule has 0 aliphatic heterocycles. The Morgan fingerprint density at radius 1 is 1.32 bits per heavy atom. The molecule has 2 nitrogen and oxygen atoms in total. The van der Waals surface area contributed by atoms with Gasteiger partial charge in [-0.25, -0.2) is 4.98 Å². The van der Waals surface area contributed by atoms with Gasteiger partial charge in [-0.05, 0) is 38.8 Å². The molecular formula is C16H22N2S. The molecular weight excluding hydrogens is 252 g/mol. The molecule has 1 heterocycles. The van der Waals surface area contributed by atoms with Crippen LogP contribution >= 0.6 is 11.3 Å². The van der Waals surface area contributed by atoms with Crippen LogP contribution in [0.2, 0.25) is 0 Å². The van der Waals surface area contributed by atoms with E-state index in [4.69, 9.17) is 0 Å². The first-order chi connectivity index (χ1) is 9.19. The van der Waals surface area contributed by atoms with Crippen molar-refractivity contribution in [2.45, 2.75) is 39.7 Å². The van der Waals surface area contributed by atoms with E-state index >= 15 is 0 Å². The fourth-order valence-corrected chi connectivity index (χ4v) is 3.07. The lowest BCUT2D eigenvalue weighted by molar-refractivity contribution is 0.536. The molecule has 0 radical (unpaired) electrons. The maximum Gasteiger partial charge on any atom is 0.0897 e. The van der Waals surface area contributed by atoms with Gasteiger partial charge >= 0.3 is 0 Å². The highest BCUT2D eigenvalue weighted by molar-refractivity contribution is 7.11. The largest absolute Gasteiger partial charge is 0.309 e. The van der Waals surface area contributed by atoms with E-state index in [0.29, 0.717) is 6.04 Å². The van der Waals surface area contributed by atoms with Crippen LogP contribution in [0.5, 0.6) is 0 Å². The van der Waals surface area contributed by atoms with Crippen molar-refractivity contribution in [2.24, 2.45) is 0 Å². The van der Waals surface area contributed by atoms with Crippen molar-refractivity contribution in [3.05, 3.63) is 51.5 Å². The van der Waals surface area contributed by atoms with Crippen LogP contribution in [0.15, 0.2) is 30.5 Å². The first-order valence-electron chi connectivity index (χ1n) is 6.90. The maximum absolute atomic E-state index is 4.38. The summed E-state index contributed by atoms with van der Waals surface area (Å²) in [7, 11) is 0. The number of rotatable bonds is 6. The molecule has 0 fully saturated rings. The molecule has 1 unspecified atom stereocenters. The Balaban J connectivity index is 2.13. The van der Waals surface area contributed by atoms with Gasteiger partial charge in [0.15, 0.2) is 0 Å². The second-order valence-corrected chi connectivity index (χ2v) is 6.25. The topological polar surface area (TPSA) is 24.9 Å². The van der Waals surface area contributed by atoms with Gasteiger partial charge in [-0.15, -0.1) is 11.3 Å². The highest BCUT2D eigenvalue weighted by Gasteiger charge is 2.14. The molecule has 0 spiro atoms. The lowest BCUT2D eigenvalue weighted by Gasteiger charge is -2.17. The van der Waals surface area contributed by atoms with E-state index in [2.05, 4.69) is 55.3 Å². The molecule has 1 aromatic heterocycles. The van der Waals surface area contributed by atoms with Gasteiger partial charge in [0, 0.05) is 17.1 Å². The Morgan fingerprint density at radius 3 is 2.79 bits per heavy atom. The number of benzene rings is 1. The summed E-state index contributed by atoms with van der Waals surface area (Å²) in [5.74, 6) is 0. The van der Waals surface area contributed by atoms with Crippen molar-refractivity contribution in [1.82, 2.24) is 10.3 Å². The molecule has 1 aromatic carbocycles. The Morgan fingerprint density at radius 2 is 2.16 bits per heavy atom. The maximum atomic E-state index is 4.38. The van der Waals surface area contributed by atoms with Crippen LogP contribution in [0.4, 0.5) is 0 Å². The molecule has 3 heteroatoms. The van der Waals surface area contributed by atoms with Crippen LogP contribution in [0, 0.1) is 13.8 Å². The summed E-state index contributed by atoms with van der Waals surface area (Å²) in [6.45, 7) is 7.47. The Kier molecular flexibility index (Phi) is 5.11. The SMILES string of the molecule is CCCNC(Cc1cccc(C)c1)c1cnc(C)s1. The van der Waals surface area contributed by atoms with Crippen LogP contribution in [0.1, 0.15) is 40.4 Å². The molecule has 19 heavy (non-hydrogen) atoms. The lowest BCUT2D eigenvalue weighted by Crippen LogP contribution is -2.23. The number of hydrogen-bond donors (Lipinski definition) is 1. The average molecular weight is 274 g/mol.